The summed E-state index contributed by atoms with van der Waals surface area (Å²) in [7, 11) is 0. The van der Waals surface area contributed by atoms with Crippen LogP contribution in [-0.2, 0) is 4.79 Å². The van der Waals surface area contributed by atoms with E-state index < -0.39 is 6.36 Å². The highest BCUT2D eigenvalue weighted by Gasteiger charge is 2.46. The largest absolute Gasteiger partial charge is 0.573 e. The number of aromatic amines is 1. The number of hydrogen-bond donors (Lipinski definition) is 2. The number of anilines is 1. The van der Waals surface area contributed by atoms with Crippen molar-refractivity contribution >= 4 is 11.6 Å². The molecule has 5 nitrogen and oxygen atoms in total. The molecule has 8 heteroatoms. The Kier molecular flexibility index (Phi) is 3.98. The second-order valence-electron chi connectivity index (χ2n) is 5.83. The Morgan fingerprint density at radius 3 is 2.67 bits per heavy atom. The smallest absolute Gasteiger partial charge is 0.405 e. The van der Waals surface area contributed by atoms with Gasteiger partial charge in [0.05, 0.1) is 17.1 Å². The first kappa shape index (κ1) is 16.4. The minimum Gasteiger partial charge on any atom is -0.405 e. The lowest BCUT2D eigenvalue weighted by atomic mass is 10.1. The third kappa shape index (κ3) is 3.37. The van der Waals surface area contributed by atoms with Gasteiger partial charge in [0, 0.05) is 5.92 Å². The number of halogens is 3. The van der Waals surface area contributed by atoms with Crippen molar-refractivity contribution in [1.29, 1.82) is 0 Å². The number of hydrogen-bond acceptors (Lipinski definition) is 3. The molecule has 2 atom stereocenters. The van der Waals surface area contributed by atoms with Crippen LogP contribution in [0, 0.1) is 19.8 Å². The molecule has 1 aliphatic carbocycles. The molecule has 0 bridgehead atoms. The van der Waals surface area contributed by atoms with Gasteiger partial charge < -0.3 is 10.1 Å². The molecule has 0 aliphatic heterocycles. The van der Waals surface area contributed by atoms with E-state index in [1.54, 1.807) is 26.0 Å². The van der Waals surface area contributed by atoms with E-state index in [9.17, 15) is 18.0 Å². The number of para-hydroxylation sites is 1. The monoisotopic (exact) mass is 339 g/mol. The van der Waals surface area contributed by atoms with Gasteiger partial charge in [-0.2, -0.15) is 5.10 Å². The predicted molar refractivity (Wildman–Crippen MR) is 80.7 cm³/mol. The van der Waals surface area contributed by atoms with Crippen LogP contribution in [0.15, 0.2) is 24.3 Å². The van der Waals surface area contributed by atoms with Gasteiger partial charge in [-0.1, -0.05) is 18.2 Å². The second-order valence-corrected chi connectivity index (χ2v) is 5.83. The fourth-order valence-corrected chi connectivity index (χ4v) is 2.78. The maximum atomic E-state index is 12.5. The van der Waals surface area contributed by atoms with Crippen LogP contribution < -0.4 is 10.1 Å². The van der Waals surface area contributed by atoms with Gasteiger partial charge >= 0.3 is 6.36 Å². The zero-order valence-electron chi connectivity index (χ0n) is 13.1. The van der Waals surface area contributed by atoms with E-state index >= 15 is 0 Å². The molecule has 1 aliphatic rings. The molecule has 0 saturated heterocycles. The molecular formula is C16H16F3N3O2. The number of aromatic nitrogens is 2. The summed E-state index contributed by atoms with van der Waals surface area (Å²) in [5, 5.41) is 9.56. The molecule has 128 valence electrons. The Morgan fingerprint density at radius 1 is 1.33 bits per heavy atom. The molecule has 1 fully saturated rings. The van der Waals surface area contributed by atoms with Gasteiger partial charge in [-0.05, 0) is 37.8 Å². The number of nitrogens with one attached hydrogen (secondary N) is 2. The van der Waals surface area contributed by atoms with Crippen LogP contribution in [0.1, 0.15) is 29.3 Å². The lowest BCUT2D eigenvalue weighted by Crippen LogP contribution is -2.18. The van der Waals surface area contributed by atoms with Gasteiger partial charge in [0.1, 0.15) is 5.75 Å². The van der Waals surface area contributed by atoms with Crippen molar-refractivity contribution in [2.45, 2.75) is 32.5 Å². The number of alkyl halides is 3. The van der Waals surface area contributed by atoms with E-state index in [0.29, 0.717) is 23.4 Å². The van der Waals surface area contributed by atoms with Crippen molar-refractivity contribution in [3.8, 4) is 5.75 Å². The Bertz CT molecular complexity index is 751. The van der Waals surface area contributed by atoms with E-state index in [4.69, 9.17) is 0 Å². The zero-order valence-corrected chi connectivity index (χ0v) is 13.1. The highest BCUT2D eigenvalue weighted by atomic mass is 19.4. The van der Waals surface area contributed by atoms with E-state index in [-0.39, 0.29) is 23.5 Å². The Balaban J connectivity index is 1.72. The number of amides is 1. The number of H-pyrrole nitrogens is 1. The summed E-state index contributed by atoms with van der Waals surface area (Å²) < 4.78 is 41.5. The second kappa shape index (κ2) is 5.85. The van der Waals surface area contributed by atoms with Gasteiger partial charge in [0.2, 0.25) is 5.91 Å². The first-order valence-electron chi connectivity index (χ1n) is 7.43. The number of rotatable bonds is 4. The standard InChI is InChI=1S/C16H16F3N3O2/c1-8-14(9(2)22-21-8)20-15(23)12-7-11(12)10-5-3-4-6-13(10)24-16(17,18)19/h3-6,11-12H,7H2,1-2H3,(H,20,23)(H,21,22). The summed E-state index contributed by atoms with van der Waals surface area (Å²) in [6.07, 6.45) is -4.27. The van der Waals surface area contributed by atoms with Gasteiger partial charge in [0.15, 0.2) is 0 Å². The van der Waals surface area contributed by atoms with E-state index in [1.165, 1.54) is 12.1 Å². The first-order chi connectivity index (χ1) is 11.3. The van der Waals surface area contributed by atoms with Crippen molar-refractivity contribution < 1.29 is 22.7 Å². The lowest BCUT2D eigenvalue weighted by molar-refractivity contribution is -0.274. The highest BCUT2D eigenvalue weighted by molar-refractivity contribution is 5.96. The van der Waals surface area contributed by atoms with Crippen molar-refractivity contribution in [2.75, 3.05) is 5.32 Å². The van der Waals surface area contributed by atoms with Crippen molar-refractivity contribution in [3.63, 3.8) is 0 Å². The maximum Gasteiger partial charge on any atom is 0.573 e. The number of ether oxygens (including phenoxy) is 1. The van der Waals surface area contributed by atoms with Crippen molar-refractivity contribution in [2.24, 2.45) is 5.92 Å². The summed E-state index contributed by atoms with van der Waals surface area (Å²) >= 11 is 0. The number of nitrogens with zero attached hydrogens (tertiary/aromatic N) is 1. The topological polar surface area (TPSA) is 67.0 Å². The number of carbonyl (C=O) groups excluding carboxylic acids is 1. The highest BCUT2D eigenvalue weighted by Crippen LogP contribution is 2.51. The summed E-state index contributed by atoms with van der Waals surface area (Å²) in [6, 6.07) is 5.93. The van der Waals surface area contributed by atoms with Crippen molar-refractivity contribution in [1.82, 2.24) is 10.2 Å². The third-order valence-electron chi connectivity index (χ3n) is 4.05. The molecule has 3 rings (SSSR count). The molecule has 2 aromatic rings. The maximum absolute atomic E-state index is 12.5. The minimum absolute atomic E-state index is 0.227. The predicted octanol–water partition coefficient (Wildman–Crippen LogP) is 3.67. The summed E-state index contributed by atoms with van der Waals surface area (Å²) in [6.45, 7) is 3.54. The average molecular weight is 339 g/mol. The molecule has 1 aromatic heterocycles. The SMILES string of the molecule is Cc1n[nH]c(C)c1NC(=O)C1CC1c1ccccc1OC(F)(F)F. The number of benzene rings is 1. The normalized spacial score (nSPS) is 19.9. The van der Waals surface area contributed by atoms with Gasteiger partial charge in [0.25, 0.3) is 0 Å². The fraction of sp³-hybridized carbons (Fsp3) is 0.375. The summed E-state index contributed by atoms with van der Waals surface area (Å²) in [5.41, 5.74) is 2.42. The van der Waals surface area contributed by atoms with Crippen LogP contribution in [0.5, 0.6) is 5.75 Å². The van der Waals surface area contributed by atoms with Gasteiger partial charge in [-0.25, -0.2) is 0 Å². The number of carbonyl (C=O) groups is 1. The van der Waals surface area contributed by atoms with Gasteiger partial charge in [-0.3, -0.25) is 9.89 Å². The lowest BCUT2D eigenvalue weighted by Gasteiger charge is -2.13. The Hall–Kier alpha value is -2.51. The molecule has 24 heavy (non-hydrogen) atoms. The molecule has 2 unspecified atom stereocenters. The quantitative estimate of drug-likeness (QED) is 0.893. The van der Waals surface area contributed by atoms with Crippen LogP contribution in [-0.4, -0.2) is 22.5 Å². The molecule has 1 aromatic carbocycles. The summed E-state index contributed by atoms with van der Waals surface area (Å²) in [4.78, 5) is 12.3. The average Bonchev–Trinajstić information content (AvgIpc) is 3.23. The summed E-state index contributed by atoms with van der Waals surface area (Å²) in [5.74, 6) is -1.14. The van der Waals surface area contributed by atoms with Crippen LogP contribution in [0.2, 0.25) is 0 Å². The molecule has 1 amide bonds. The van der Waals surface area contributed by atoms with Crippen LogP contribution in [0.4, 0.5) is 18.9 Å². The van der Waals surface area contributed by atoms with Crippen molar-refractivity contribution in [3.05, 3.63) is 41.2 Å². The Labute approximate surface area is 136 Å². The molecule has 1 heterocycles. The molecule has 2 N–H and O–H groups in total. The van der Waals surface area contributed by atoms with E-state index in [0.717, 1.165) is 5.69 Å². The molecular weight excluding hydrogens is 323 g/mol. The third-order valence-corrected chi connectivity index (χ3v) is 4.05. The zero-order chi connectivity index (χ0) is 17.5. The number of aryl methyl sites for hydroxylation is 2. The van der Waals surface area contributed by atoms with Gasteiger partial charge in [-0.15, -0.1) is 13.2 Å². The first-order valence-corrected chi connectivity index (χ1v) is 7.43. The molecule has 0 radical (unpaired) electrons. The van der Waals surface area contributed by atoms with Crippen LogP contribution >= 0.6 is 0 Å². The van der Waals surface area contributed by atoms with E-state index in [2.05, 4.69) is 20.3 Å². The van der Waals surface area contributed by atoms with Crippen LogP contribution in [0.3, 0.4) is 0 Å². The molecule has 0 spiro atoms. The minimum atomic E-state index is -4.76. The van der Waals surface area contributed by atoms with E-state index in [1.807, 2.05) is 0 Å². The fourth-order valence-electron chi connectivity index (χ4n) is 2.78. The Morgan fingerprint density at radius 2 is 2.04 bits per heavy atom. The van der Waals surface area contributed by atoms with Crippen LogP contribution in [0.25, 0.3) is 0 Å². The molecule has 1 saturated carbocycles.